The molecule has 0 radical (unpaired) electrons. The fraction of sp³-hybridized carbons (Fsp3) is 0.357. The maximum Gasteiger partial charge on any atom is 0.573 e. The number of carboxylic acids is 1. The molecule has 1 atom stereocenters. The van der Waals surface area contributed by atoms with Gasteiger partial charge in [-0.1, -0.05) is 0 Å². The zero-order valence-electron chi connectivity index (χ0n) is 12.1. The molecule has 0 aliphatic carbocycles. The molecule has 0 spiro atoms. The predicted octanol–water partition coefficient (Wildman–Crippen LogP) is 2.43. The number of aliphatic carboxylic acids is 1. The van der Waals surface area contributed by atoms with Gasteiger partial charge < -0.3 is 9.84 Å². The van der Waals surface area contributed by atoms with E-state index < -0.39 is 35.1 Å². The number of carbonyl (C=O) groups is 3. The average Bonchev–Trinajstić information content (AvgIpc) is 2.73. The quantitative estimate of drug-likeness (QED) is 0.782. The molecule has 0 saturated carbocycles. The van der Waals surface area contributed by atoms with Crippen molar-refractivity contribution in [3.8, 4) is 5.75 Å². The topological polar surface area (TPSA) is 83.9 Å². The van der Waals surface area contributed by atoms with Crippen LogP contribution >= 0.6 is 11.8 Å². The van der Waals surface area contributed by atoms with Crippen LogP contribution < -0.4 is 9.64 Å². The fourth-order valence-corrected chi connectivity index (χ4v) is 3.18. The summed E-state index contributed by atoms with van der Waals surface area (Å²) in [6, 6.07) is 4.38. The lowest BCUT2D eigenvalue weighted by Gasteiger charge is -2.16. The molecule has 1 aromatic rings. The molecule has 2 amide bonds. The maximum atomic E-state index is 12.2. The van der Waals surface area contributed by atoms with Gasteiger partial charge in [-0.3, -0.25) is 14.4 Å². The number of carbonyl (C=O) groups excluding carboxylic acids is 2. The number of amides is 2. The van der Waals surface area contributed by atoms with E-state index in [0.717, 1.165) is 28.8 Å². The van der Waals surface area contributed by atoms with Crippen LogP contribution in [0.2, 0.25) is 0 Å². The first-order chi connectivity index (χ1) is 11.2. The van der Waals surface area contributed by atoms with Gasteiger partial charge in [0.2, 0.25) is 11.8 Å². The second-order valence-corrected chi connectivity index (χ2v) is 6.13. The summed E-state index contributed by atoms with van der Waals surface area (Å²) in [6.45, 7) is 0. The molecule has 24 heavy (non-hydrogen) atoms. The molecule has 1 heterocycles. The van der Waals surface area contributed by atoms with Crippen molar-refractivity contribution in [2.75, 3.05) is 10.7 Å². The van der Waals surface area contributed by atoms with Crippen LogP contribution in [0.4, 0.5) is 18.9 Å². The van der Waals surface area contributed by atoms with E-state index >= 15 is 0 Å². The first-order valence-corrected chi connectivity index (χ1v) is 7.78. The largest absolute Gasteiger partial charge is 0.573 e. The smallest absolute Gasteiger partial charge is 0.481 e. The van der Waals surface area contributed by atoms with Gasteiger partial charge in [0, 0.05) is 12.2 Å². The molecule has 1 aliphatic heterocycles. The molecule has 1 aliphatic rings. The van der Waals surface area contributed by atoms with Crippen LogP contribution in [0.15, 0.2) is 24.3 Å². The van der Waals surface area contributed by atoms with E-state index in [4.69, 9.17) is 5.11 Å². The number of halogens is 3. The first-order valence-electron chi connectivity index (χ1n) is 6.73. The number of nitrogens with zero attached hydrogens (tertiary/aromatic N) is 1. The van der Waals surface area contributed by atoms with Crippen LogP contribution in [0.1, 0.15) is 12.8 Å². The van der Waals surface area contributed by atoms with Crippen molar-refractivity contribution in [2.45, 2.75) is 24.5 Å². The van der Waals surface area contributed by atoms with Crippen molar-refractivity contribution in [3.63, 3.8) is 0 Å². The van der Waals surface area contributed by atoms with Gasteiger partial charge in [0.05, 0.1) is 17.4 Å². The molecule has 1 unspecified atom stereocenters. The van der Waals surface area contributed by atoms with E-state index in [1.807, 2.05) is 0 Å². The molecule has 1 fully saturated rings. The highest BCUT2D eigenvalue weighted by Gasteiger charge is 2.40. The van der Waals surface area contributed by atoms with Crippen LogP contribution in [0.5, 0.6) is 5.75 Å². The van der Waals surface area contributed by atoms with Crippen LogP contribution in [-0.4, -0.2) is 40.3 Å². The lowest BCUT2D eigenvalue weighted by molar-refractivity contribution is -0.274. The second-order valence-electron chi connectivity index (χ2n) is 4.82. The molecule has 1 saturated heterocycles. The summed E-state index contributed by atoms with van der Waals surface area (Å²) in [5, 5.41) is 7.88. The second kappa shape index (κ2) is 7.12. The number of benzene rings is 1. The fourth-order valence-electron chi connectivity index (χ4n) is 2.09. The van der Waals surface area contributed by atoms with E-state index in [1.54, 1.807) is 0 Å². The molecule has 0 aromatic heterocycles. The summed E-state index contributed by atoms with van der Waals surface area (Å²) in [7, 11) is 0. The average molecular weight is 363 g/mol. The third-order valence-electron chi connectivity index (χ3n) is 3.07. The molecular formula is C14H12F3NO5S. The first kappa shape index (κ1) is 18.1. The summed E-state index contributed by atoms with van der Waals surface area (Å²) in [6.07, 6.45) is -5.04. The Morgan fingerprint density at radius 1 is 1.29 bits per heavy atom. The summed E-state index contributed by atoms with van der Waals surface area (Å²) in [5.41, 5.74) is 0.140. The van der Waals surface area contributed by atoms with Gasteiger partial charge in [0.25, 0.3) is 0 Å². The summed E-state index contributed by atoms with van der Waals surface area (Å²) in [5.74, 6) is -2.28. The number of hydrogen-bond acceptors (Lipinski definition) is 5. The number of carboxylic acid groups (broad SMARTS) is 1. The van der Waals surface area contributed by atoms with Gasteiger partial charge >= 0.3 is 12.3 Å². The van der Waals surface area contributed by atoms with Crippen LogP contribution in [0.25, 0.3) is 0 Å². The lowest BCUT2D eigenvalue weighted by atomic mass is 10.3. The Morgan fingerprint density at radius 3 is 2.46 bits per heavy atom. The van der Waals surface area contributed by atoms with Crippen LogP contribution in [0, 0.1) is 0 Å². The summed E-state index contributed by atoms with van der Waals surface area (Å²) < 4.78 is 40.0. The molecule has 6 nitrogen and oxygen atoms in total. The number of thioether (sulfide) groups is 1. The Labute approximate surface area is 138 Å². The van der Waals surface area contributed by atoms with Gasteiger partial charge in [-0.05, 0) is 24.3 Å². The minimum atomic E-state index is -4.83. The molecule has 0 bridgehead atoms. The Kier molecular flexibility index (Phi) is 5.37. The van der Waals surface area contributed by atoms with Gasteiger partial charge in [0.1, 0.15) is 5.75 Å². The molecule has 130 valence electrons. The Hall–Kier alpha value is -2.23. The third kappa shape index (κ3) is 4.63. The minimum absolute atomic E-state index is 0.0794. The van der Waals surface area contributed by atoms with E-state index in [0.29, 0.717) is 0 Å². The van der Waals surface area contributed by atoms with Crippen LogP contribution in [-0.2, 0) is 14.4 Å². The van der Waals surface area contributed by atoms with Crippen LogP contribution in [0.3, 0.4) is 0 Å². The number of alkyl halides is 3. The molecular weight excluding hydrogens is 351 g/mol. The summed E-state index contributed by atoms with van der Waals surface area (Å²) >= 11 is 1.07. The van der Waals surface area contributed by atoms with Crippen molar-refractivity contribution in [3.05, 3.63) is 24.3 Å². The van der Waals surface area contributed by atoms with Crippen molar-refractivity contribution in [1.82, 2.24) is 0 Å². The van der Waals surface area contributed by atoms with Crippen molar-refractivity contribution < 1.29 is 37.4 Å². The highest BCUT2D eigenvalue weighted by atomic mass is 32.2. The van der Waals surface area contributed by atoms with E-state index in [2.05, 4.69) is 4.74 Å². The maximum absolute atomic E-state index is 12.2. The zero-order valence-corrected chi connectivity index (χ0v) is 12.9. The summed E-state index contributed by atoms with van der Waals surface area (Å²) in [4.78, 5) is 35.6. The van der Waals surface area contributed by atoms with E-state index in [1.165, 1.54) is 12.1 Å². The standard InChI is InChI=1S/C14H12F3NO5S/c15-14(16,17)23-9-3-1-8(2-4-9)18-11(19)7-10(13(18)22)24-6-5-12(20)21/h1-4,10H,5-7H2,(H,20,21). The van der Waals surface area contributed by atoms with E-state index in [9.17, 15) is 27.6 Å². The Bertz CT molecular complexity index is 647. The number of anilines is 1. The monoisotopic (exact) mass is 363 g/mol. The molecule has 1 aromatic carbocycles. The lowest BCUT2D eigenvalue weighted by Crippen LogP contribution is -2.31. The number of imide groups is 1. The van der Waals surface area contributed by atoms with E-state index in [-0.39, 0.29) is 24.3 Å². The van der Waals surface area contributed by atoms with Gasteiger partial charge in [-0.15, -0.1) is 24.9 Å². The normalized spacial score (nSPS) is 18.1. The minimum Gasteiger partial charge on any atom is -0.481 e. The predicted molar refractivity (Wildman–Crippen MR) is 78.7 cm³/mol. The molecule has 2 rings (SSSR count). The Balaban J connectivity index is 2.04. The highest BCUT2D eigenvalue weighted by Crippen LogP contribution is 2.31. The highest BCUT2D eigenvalue weighted by molar-refractivity contribution is 8.00. The van der Waals surface area contributed by atoms with Gasteiger partial charge in [-0.2, -0.15) is 0 Å². The van der Waals surface area contributed by atoms with Gasteiger partial charge in [0.15, 0.2) is 0 Å². The number of rotatable bonds is 6. The Morgan fingerprint density at radius 2 is 1.92 bits per heavy atom. The van der Waals surface area contributed by atoms with Crippen molar-refractivity contribution in [1.29, 1.82) is 0 Å². The zero-order chi connectivity index (χ0) is 17.9. The SMILES string of the molecule is O=C(O)CCSC1CC(=O)N(c2ccc(OC(F)(F)F)cc2)C1=O. The molecule has 10 heteroatoms. The van der Waals surface area contributed by atoms with Crippen molar-refractivity contribution >= 4 is 35.2 Å². The third-order valence-corrected chi connectivity index (χ3v) is 4.28. The number of hydrogen-bond donors (Lipinski definition) is 1. The molecule has 1 N–H and O–H groups in total. The van der Waals surface area contributed by atoms with Crippen molar-refractivity contribution in [2.24, 2.45) is 0 Å². The van der Waals surface area contributed by atoms with Gasteiger partial charge in [-0.25, -0.2) is 4.90 Å². The number of ether oxygens (including phenoxy) is 1.